The number of hydrogen-bond acceptors (Lipinski definition) is 5. The van der Waals surface area contributed by atoms with Gasteiger partial charge in [0, 0.05) is 17.8 Å². The number of benzene rings is 3. The van der Waals surface area contributed by atoms with Gasteiger partial charge in [-0.1, -0.05) is 24.3 Å². The van der Waals surface area contributed by atoms with Gasteiger partial charge < -0.3 is 10.1 Å². The largest absolute Gasteiger partial charge is 0.484 e. The van der Waals surface area contributed by atoms with Crippen molar-refractivity contribution in [2.24, 2.45) is 0 Å². The number of allylic oxidation sites excluding steroid dienone is 1. The molecule has 0 unspecified atom stereocenters. The number of non-ortho nitro benzene ring substituents is 1. The lowest BCUT2D eigenvalue weighted by Crippen LogP contribution is -2.20. The van der Waals surface area contributed by atoms with Crippen LogP contribution in [0.15, 0.2) is 66.7 Å². The van der Waals surface area contributed by atoms with Crippen LogP contribution in [0.25, 0.3) is 11.6 Å². The molecule has 0 aliphatic heterocycles. The lowest BCUT2D eigenvalue weighted by Gasteiger charge is -2.10. The Hall–Kier alpha value is -4.44. The number of nitrogens with one attached hydrogen (secondary N) is 1. The van der Waals surface area contributed by atoms with E-state index in [9.17, 15) is 20.2 Å². The maximum atomic E-state index is 12.2. The van der Waals surface area contributed by atoms with Gasteiger partial charge in [0.2, 0.25) is 0 Å². The molecule has 0 atom stereocenters. The molecule has 0 radical (unpaired) electrons. The van der Waals surface area contributed by atoms with Crippen molar-refractivity contribution in [3.63, 3.8) is 0 Å². The monoisotopic (exact) mass is 427 g/mol. The molecule has 0 heterocycles. The van der Waals surface area contributed by atoms with E-state index >= 15 is 0 Å². The van der Waals surface area contributed by atoms with Gasteiger partial charge in [0.1, 0.15) is 5.75 Å². The van der Waals surface area contributed by atoms with Gasteiger partial charge >= 0.3 is 0 Å². The number of nitro groups is 1. The molecule has 32 heavy (non-hydrogen) atoms. The second-order valence-electron chi connectivity index (χ2n) is 7.20. The summed E-state index contributed by atoms with van der Waals surface area (Å²) in [6.07, 6.45) is 1.68. The fourth-order valence-electron chi connectivity index (χ4n) is 2.98. The number of aryl methyl sites for hydroxylation is 2. The topological polar surface area (TPSA) is 105 Å². The number of anilines is 1. The Morgan fingerprint density at radius 1 is 1.09 bits per heavy atom. The summed E-state index contributed by atoms with van der Waals surface area (Å²) >= 11 is 0. The molecule has 0 saturated carbocycles. The van der Waals surface area contributed by atoms with E-state index in [0.29, 0.717) is 16.9 Å². The number of nitro benzene ring substituents is 1. The first kappa shape index (κ1) is 22.2. The third-order valence-electron chi connectivity index (χ3n) is 4.74. The minimum absolute atomic E-state index is 0.0332. The van der Waals surface area contributed by atoms with Crippen LogP contribution in [0.2, 0.25) is 0 Å². The summed E-state index contributed by atoms with van der Waals surface area (Å²) in [4.78, 5) is 22.5. The summed E-state index contributed by atoms with van der Waals surface area (Å²) < 4.78 is 5.56. The molecule has 0 aliphatic carbocycles. The van der Waals surface area contributed by atoms with Crippen molar-refractivity contribution in [1.29, 1.82) is 5.26 Å². The van der Waals surface area contributed by atoms with Crippen LogP contribution in [0, 0.1) is 35.3 Å². The molecule has 0 fully saturated rings. The number of hydrogen-bond donors (Lipinski definition) is 1. The van der Waals surface area contributed by atoms with E-state index in [1.807, 2.05) is 32.0 Å². The van der Waals surface area contributed by atoms with Gasteiger partial charge in [-0.05, 0) is 72.5 Å². The minimum Gasteiger partial charge on any atom is -0.484 e. The van der Waals surface area contributed by atoms with Crippen molar-refractivity contribution < 1.29 is 14.5 Å². The molecule has 160 valence electrons. The molecule has 3 rings (SSSR count). The van der Waals surface area contributed by atoms with Crippen molar-refractivity contribution in [3.8, 4) is 11.8 Å². The first-order chi connectivity index (χ1) is 15.4. The zero-order valence-corrected chi connectivity index (χ0v) is 17.7. The van der Waals surface area contributed by atoms with Crippen LogP contribution >= 0.6 is 0 Å². The molecule has 1 N–H and O–H groups in total. The van der Waals surface area contributed by atoms with Crippen molar-refractivity contribution in [3.05, 3.63) is 99.1 Å². The second-order valence-corrected chi connectivity index (χ2v) is 7.20. The molecule has 0 aromatic heterocycles. The predicted molar refractivity (Wildman–Crippen MR) is 123 cm³/mol. The average Bonchev–Trinajstić information content (AvgIpc) is 2.79. The Balaban J connectivity index is 1.62. The van der Waals surface area contributed by atoms with E-state index in [4.69, 9.17) is 4.74 Å². The number of nitrogens with zero attached hydrogens (tertiary/aromatic N) is 2. The lowest BCUT2D eigenvalue weighted by molar-refractivity contribution is -0.384. The minimum atomic E-state index is -0.486. The van der Waals surface area contributed by atoms with Gasteiger partial charge in [-0.2, -0.15) is 5.26 Å². The number of rotatable bonds is 7. The quantitative estimate of drug-likeness (QED) is 0.239. The van der Waals surface area contributed by atoms with E-state index in [1.165, 1.54) is 12.1 Å². The Morgan fingerprint density at radius 3 is 2.41 bits per heavy atom. The van der Waals surface area contributed by atoms with Crippen molar-refractivity contribution in [2.45, 2.75) is 13.8 Å². The highest BCUT2D eigenvalue weighted by Gasteiger charge is 2.08. The Labute approximate surface area is 185 Å². The molecule has 3 aromatic rings. The molecular formula is C25H21N3O4. The molecule has 3 aromatic carbocycles. The predicted octanol–water partition coefficient (Wildman–Crippen LogP) is 5.29. The van der Waals surface area contributed by atoms with Crippen LogP contribution in [0.1, 0.15) is 22.3 Å². The second kappa shape index (κ2) is 10.0. The third kappa shape index (κ3) is 5.80. The van der Waals surface area contributed by atoms with Crippen LogP contribution in [-0.2, 0) is 4.79 Å². The van der Waals surface area contributed by atoms with Crippen LogP contribution in [0.5, 0.6) is 5.75 Å². The highest BCUT2D eigenvalue weighted by Crippen LogP contribution is 2.22. The van der Waals surface area contributed by atoms with Gasteiger partial charge in [0.15, 0.2) is 6.61 Å². The highest BCUT2D eigenvalue weighted by atomic mass is 16.6. The summed E-state index contributed by atoms with van der Waals surface area (Å²) in [5.74, 6) is 0.264. The molecule has 7 nitrogen and oxygen atoms in total. The van der Waals surface area contributed by atoms with Gasteiger partial charge in [-0.15, -0.1) is 0 Å². The number of amides is 1. The zero-order chi connectivity index (χ0) is 23.1. The van der Waals surface area contributed by atoms with Gasteiger partial charge in [-0.3, -0.25) is 14.9 Å². The first-order valence-corrected chi connectivity index (χ1v) is 9.82. The number of carbonyl (C=O) groups is 1. The molecule has 0 aliphatic rings. The Morgan fingerprint density at radius 2 is 1.78 bits per heavy atom. The number of nitriles is 1. The maximum Gasteiger partial charge on any atom is 0.269 e. The summed E-state index contributed by atoms with van der Waals surface area (Å²) in [5.41, 5.74) is 4.47. The summed E-state index contributed by atoms with van der Waals surface area (Å²) in [7, 11) is 0. The average molecular weight is 427 g/mol. The van der Waals surface area contributed by atoms with Gasteiger partial charge in [-0.25, -0.2) is 0 Å². The maximum absolute atomic E-state index is 12.2. The number of ether oxygens (including phenoxy) is 1. The van der Waals surface area contributed by atoms with Crippen LogP contribution in [0.3, 0.4) is 0 Å². The molecular weight excluding hydrogens is 406 g/mol. The fraction of sp³-hybridized carbons (Fsp3) is 0.120. The smallest absolute Gasteiger partial charge is 0.269 e. The Kier molecular flexibility index (Phi) is 6.99. The highest BCUT2D eigenvalue weighted by molar-refractivity contribution is 5.92. The lowest BCUT2D eigenvalue weighted by atomic mass is 10.0. The van der Waals surface area contributed by atoms with E-state index in [2.05, 4.69) is 11.4 Å². The standard InChI is InChI=1S/C25H21N3O4/c1-17-3-4-18(2)24(13-17)27-25(29)16-32-23-11-5-19(6-12-23)14-21(15-26)20-7-9-22(10-8-20)28(30)31/h3-14H,16H2,1-2H3,(H,27,29)/b21-14+. The zero-order valence-electron chi connectivity index (χ0n) is 17.7. The van der Waals surface area contributed by atoms with Crippen molar-refractivity contribution >= 4 is 28.9 Å². The Bertz CT molecular complexity index is 1210. The molecule has 0 saturated heterocycles. The summed E-state index contributed by atoms with van der Waals surface area (Å²) in [6.45, 7) is 3.75. The van der Waals surface area contributed by atoms with Crippen LogP contribution in [0.4, 0.5) is 11.4 Å². The van der Waals surface area contributed by atoms with E-state index in [0.717, 1.165) is 22.4 Å². The summed E-state index contributed by atoms with van der Waals surface area (Å²) in [5, 5.41) is 23.1. The first-order valence-electron chi connectivity index (χ1n) is 9.82. The molecule has 0 spiro atoms. The molecule has 0 bridgehead atoms. The molecule has 1 amide bonds. The number of carbonyl (C=O) groups excluding carboxylic acids is 1. The van der Waals surface area contributed by atoms with Crippen molar-refractivity contribution in [2.75, 3.05) is 11.9 Å². The SMILES string of the molecule is Cc1ccc(C)c(NC(=O)COc2ccc(/C=C(\C#N)c3ccc([N+](=O)[O-])cc3)cc2)c1. The van der Waals surface area contributed by atoms with Gasteiger partial charge in [0.05, 0.1) is 16.6 Å². The van der Waals surface area contributed by atoms with Crippen molar-refractivity contribution in [1.82, 2.24) is 0 Å². The van der Waals surface area contributed by atoms with E-state index in [1.54, 1.807) is 42.5 Å². The van der Waals surface area contributed by atoms with E-state index in [-0.39, 0.29) is 18.2 Å². The fourth-order valence-corrected chi connectivity index (χ4v) is 2.98. The van der Waals surface area contributed by atoms with Gasteiger partial charge in [0.25, 0.3) is 11.6 Å². The third-order valence-corrected chi connectivity index (χ3v) is 4.74. The van der Waals surface area contributed by atoms with Crippen LogP contribution in [-0.4, -0.2) is 17.4 Å². The normalized spacial score (nSPS) is 10.8. The molecule has 7 heteroatoms. The van der Waals surface area contributed by atoms with E-state index < -0.39 is 4.92 Å². The summed E-state index contributed by atoms with van der Waals surface area (Å²) in [6, 6.07) is 20.7. The van der Waals surface area contributed by atoms with Crippen LogP contribution < -0.4 is 10.1 Å².